The highest BCUT2D eigenvalue weighted by Gasteiger charge is 2.31. The molecule has 0 aromatic heterocycles. The van der Waals surface area contributed by atoms with Crippen LogP contribution in [0.3, 0.4) is 0 Å². The van der Waals surface area contributed by atoms with Crippen molar-refractivity contribution in [1.82, 2.24) is 15.1 Å². The van der Waals surface area contributed by atoms with Crippen molar-refractivity contribution >= 4 is 35.8 Å². The van der Waals surface area contributed by atoms with Crippen molar-refractivity contribution in [3.8, 4) is 11.5 Å². The Balaban J connectivity index is 0.00000306. The van der Waals surface area contributed by atoms with Crippen LogP contribution in [0.25, 0.3) is 0 Å². The summed E-state index contributed by atoms with van der Waals surface area (Å²) in [5.74, 6) is 2.67. The minimum atomic E-state index is -0.243. The molecule has 2 heterocycles. The smallest absolute Gasteiger partial charge is 0.251 e. The van der Waals surface area contributed by atoms with E-state index >= 15 is 0 Å². The first-order chi connectivity index (χ1) is 15.7. The van der Waals surface area contributed by atoms with E-state index in [4.69, 9.17) is 14.2 Å². The minimum absolute atomic E-state index is 0. The maximum Gasteiger partial charge on any atom is 0.251 e. The predicted octanol–water partition coefficient (Wildman–Crippen LogP) is 3.03. The summed E-state index contributed by atoms with van der Waals surface area (Å²) in [4.78, 5) is 21.2. The monoisotopic (exact) mass is 572 g/mol. The first kappa shape index (κ1) is 25.9. The molecule has 1 aromatic carbocycles. The van der Waals surface area contributed by atoms with Gasteiger partial charge in [0, 0.05) is 58.0 Å². The number of rotatable bonds is 6. The number of amides is 1. The Hall–Kier alpha value is -1.75. The third-order valence-corrected chi connectivity index (χ3v) is 6.61. The Labute approximate surface area is 214 Å². The summed E-state index contributed by atoms with van der Waals surface area (Å²) in [6.07, 6.45) is 6.55. The fourth-order valence-corrected chi connectivity index (χ4v) is 4.72. The van der Waals surface area contributed by atoms with Gasteiger partial charge in [-0.25, -0.2) is 0 Å². The number of piperazine rings is 1. The van der Waals surface area contributed by atoms with Crippen LogP contribution < -0.4 is 14.8 Å². The summed E-state index contributed by atoms with van der Waals surface area (Å²) in [7, 11) is 3.48. The van der Waals surface area contributed by atoms with Crippen LogP contribution in [-0.2, 0) is 16.1 Å². The number of aliphatic imine (C=N–C) groups is 1. The molecule has 33 heavy (non-hydrogen) atoms. The lowest BCUT2D eigenvalue weighted by atomic mass is 10.1. The minimum Gasteiger partial charge on any atom is -0.497 e. The van der Waals surface area contributed by atoms with E-state index in [1.807, 2.05) is 17.0 Å². The van der Waals surface area contributed by atoms with Crippen molar-refractivity contribution in [2.45, 2.75) is 57.3 Å². The van der Waals surface area contributed by atoms with Gasteiger partial charge in [0.05, 0.1) is 13.2 Å². The number of hydrogen-bond acceptors (Lipinski definition) is 5. The molecule has 184 valence electrons. The maximum absolute atomic E-state index is 12.6. The van der Waals surface area contributed by atoms with Gasteiger partial charge in [-0.1, -0.05) is 0 Å². The third kappa shape index (κ3) is 6.65. The molecule has 9 heteroatoms. The highest BCUT2D eigenvalue weighted by molar-refractivity contribution is 14.0. The van der Waals surface area contributed by atoms with Crippen LogP contribution >= 0.6 is 24.0 Å². The molecular weight excluding hydrogens is 535 g/mol. The van der Waals surface area contributed by atoms with Crippen molar-refractivity contribution in [1.29, 1.82) is 0 Å². The Morgan fingerprint density at radius 2 is 1.85 bits per heavy atom. The highest BCUT2D eigenvalue weighted by atomic mass is 127. The first-order valence-electron chi connectivity index (χ1n) is 11.9. The molecule has 1 aliphatic carbocycles. The lowest BCUT2D eigenvalue weighted by Gasteiger charge is -2.37. The summed E-state index contributed by atoms with van der Waals surface area (Å²) < 4.78 is 17.3. The van der Waals surface area contributed by atoms with Gasteiger partial charge in [-0.3, -0.25) is 9.79 Å². The molecule has 1 atom stereocenters. The van der Waals surface area contributed by atoms with E-state index in [-0.39, 0.29) is 42.1 Å². The molecule has 2 saturated heterocycles. The van der Waals surface area contributed by atoms with E-state index < -0.39 is 0 Å². The standard InChI is InChI=1S/C24H36N4O4.HI/c1-25-24(28-13-11-27(12-14-28)23(29)21-8-5-15-31-21)26-17-18-9-10-20(30-2)16-22(18)32-19-6-3-4-7-19;/h9-10,16,19,21H,3-8,11-15,17H2,1-2H3,(H,25,26);1H. The largest absolute Gasteiger partial charge is 0.497 e. The molecular formula is C24H37IN4O4. The van der Waals surface area contributed by atoms with E-state index in [1.54, 1.807) is 14.2 Å². The molecule has 1 aromatic rings. The van der Waals surface area contributed by atoms with Gasteiger partial charge in [-0.15, -0.1) is 24.0 Å². The summed E-state index contributed by atoms with van der Waals surface area (Å²) >= 11 is 0. The number of nitrogens with zero attached hydrogens (tertiary/aromatic N) is 3. The van der Waals surface area contributed by atoms with Crippen molar-refractivity contribution in [2.75, 3.05) is 46.9 Å². The molecule has 1 unspecified atom stereocenters. The first-order valence-corrected chi connectivity index (χ1v) is 11.9. The number of nitrogens with one attached hydrogen (secondary N) is 1. The molecule has 8 nitrogen and oxygen atoms in total. The zero-order valence-corrected chi connectivity index (χ0v) is 22.1. The Kier molecular flexibility index (Phi) is 9.91. The molecule has 2 aliphatic heterocycles. The van der Waals surface area contributed by atoms with Crippen LogP contribution in [-0.4, -0.2) is 80.8 Å². The second-order valence-corrected chi connectivity index (χ2v) is 8.71. The summed E-state index contributed by atoms with van der Waals surface area (Å²) in [5.41, 5.74) is 1.09. The number of benzene rings is 1. The number of guanidine groups is 1. The maximum atomic E-state index is 12.6. The molecule has 3 aliphatic rings. The van der Waals surface area contributed by atoms with Gasteiger partial charge in [0.2, 0.25) is 0 Å². The van der Waals surface area contributed by atoms with Gasteiger partial charge in [-0.2, -0.15) is 0 Å². The normalized spacial score (nSPS) is 21.6. The van der Waals surface area contributed by atoms with Crippen LogP contribution in [0.4, 0.5) is 0 Å². The van der Waals surface area contributed by atoms with E-state index in [2.05, 4.69) is 21.3 Å². The third-order valence-electron chi connectivity index (χ3n) is 6.61. The molecule has 0 spiro atoms. The van der Waals surface area contributed by atoms with Gasteiger partial charge in [0.15, 0.2) is 5.96 Å². The Morgan fingerprint density at radius 3 is 2.48 bits per heavy atom. The van der Waals surface area contributed by atoms with Crippen molar-refractivity contribution in [3.63, 3.8) is 0 Å². The van der Waals surface area contributed by atoms with Gasteiger partial charge in [0.25, 0.3) is 5.91 Å². The number of carbonyl (C=O) groups excluding carboxylic acids is 1. The van der Waals surface area contributed by atoms with Gasteiger partial charge < -0.3 is 29.3 Å². The Morgan fingerprint density at radius 1 is 1.12 bits per heavy atom. The molecule has 4 rings (SSSR count). The number of halogens is 1. The van der Waals surface area contributed by atoms with Gasteiger partial charge >= 0.3 is 0 Å². The average Bonchev–Trinajstić information content (AvgIpc) is 3.55. The second-order valence-electron chi connectivity index (χ2n) is 8.71. The number of methoxy groups -OCH3 is 1. The van der Waals surface area contributed by atoms with E-state index in [0.717, 1.165) is 61.8 Å². The average molecular weight is 572 g/mol. The molecule has 1 amide bonds. The quantitative estimate of drug-likeness (QED) is 0.321. The van der Waals surface area contributed by atoms with Crippen molar-refractivity contribution in [3.05, 3.63) is 23.8 Å². The molecule has 3 fully saturated rings. The van der Waals surface area contributed by atoms with E-state index in [0.29, 0.717) is 26.2 Å². The number of carbonyl (C=O) groups is 1. The van der Waals surface area contributed by atoms with Crippen LogP contribution in [0, 0.1) is 0 Å². The van der Waals surface area contributed by atoms with Crippen LogP contribution in [0.5, 0.6) is 11.5 Å². The van der Waals surface area contributed by atoms with E-state index in [9.17, 15) is 4.79 Å². The second kappa shape index (κ2) is 12.6. The van der Waals surface area contributed by atoms with Crippen LogP contribution in [0.15, 0.2) is 23.2 Å². The van der Waals surface area contributed by atoms with Crippen LogP contribution in [0.1, 0.15) is 44.1 Å². The fourth-order valence-electron chi connectivity index (χ4n) is 4.72. The molecule has 1 N–H and O–H groups in total. The summed E-state index contributed by atoms with van der Waals surface area (Å²) in [6.45, 7) is 4.22. The van der Waals surface area contributed by atoms with Crippen LogP contribution in [0.2, 0.25) is 0 Å². The van der Waals surface area contributed by atoms with Crippen molar-refractivity contribution < 1.29 is 19.0 Å². The predicted molar refractivity (Wildman–Crippen MR) is 139 cm³/mol. The lowest BCUT2D eigenvalue weighted by Crippen LogP contribution is -2.55. The molecule has 1 saturated carbocycles. The topological polar surface area (TPSA) is 75.6 Å². The zero-order chi connectivity index (χ0) is 22.3. The molecule has 0 bridgehead atoms. The zero-order valence-electron chi connectivity index (χ0n) is 19.8. The molecule has 0 radical (unpaired) electrons. The number of ether oxygens (including phenoxy) is 3. The number of hydrogen-bond donors (Lipinski definition) is 1. The SMILES string of the molecule is CN=C(NCc1ccc(OC)cc1OC1CCCC1)N1CCN(C(=O)C2CCCO2)CC1.I. The van der Waals surface area contributed by atoms with Gasteiger partial charge in [-0.05, 0) is 50.7 Å². The fraction of sp³-hybridized carbons (Fsp3) is 0.667. The van der Waals surface area contributed by atoms with Gasteiger partial charge in [0.1, 0.15) is 17.6 Å². The van der Waals surface area contributed by atoms with E-state index in [1.165, 1.54) is 12.8 Å². The Bertz CT molecular complexity index is 802. The lowest BCUT2D eigenvalue weighted by molar-refractivity contribution is -0.142. The summed E-state index contributed by atoms with van der Waals surface area (Å²) in [6, 6.07) is 6.01. The summed E-state index contributed by atoms with van der Waals surface area (Å²) in [5, 5.41) is 3.48. The van der Waals surface area contributed by atoms with Crippen molar-refractivity contribution in [2.24, 2.45) is 4.99 Å². The highest BCUT2D eigenvalue weighted by Crippen LogP contribution is 2.30.